The van der Waals surface area contributed by atoms with Crippen LogP contribution in [0.2, 0.25) is 0 Å². The van der Waals surface area contributed by atoms with Gasteiger partial charge in [0.1, 0.15) is 6.07 Å². The minimum absolute atomic E-state index is 0.362. The van der Waals surface area contributed by atoms with E-state index in [9.17, 15) is 0 Å². The second-order valence-corrected chi connectivity index (χ2v) is 4.44. The van der Waals surface area contributed by atoms with E-state index in [1.54, 1.807) is 18.5 Å². The molecular weight excluding hydrogens is 264 g/mol. The van der Waals surface area contributed by atoms with Crippen LogP contribution in [0.4, 0.5) is 11.5 Å². The van der Waals surface area contributed by atoms with Crippen molar-refractivity contribution in [3.05, 3.63) is 47.9 Å². The highest BCUT2D eigenvalue weighted by atomic mass is 15.2. The molecule has 0 radical (unpaired) electrons. The normalized spacial score (nSPS) is 9.62. The van der Waals surface area contributed by atoms with Crippen molar-refractivity contribution < 1.29 is 0 Å². The first-order valence-corrected chi connectivity index (χ1v) is 6.41. The van der Waals surface area contributed by atoms with Crippen molar-refractivity contribution in [3.63, 3.8) is 0 Å². The summed E-state index contributed by atoms with van der Waals surface area (Å²) in [6, 6.07) is 9.51. The van der Waals surface area contributed by atoms with E-state index in [2.05, 4.69) is 16.0 Å². The Morgan fingerprint density at radius 2 is 2.14 bits per heavy atom. The minimum Gasteiger partial charge on any atom is -0.396 e. The van der Waals surface area contributed by atoms with E-state index < -0.39 is 0 Å². The first kappa shape index (κ1) is 14.3. The molecule has 0 fully saturated rings. The number of anilines is 2. The van der Waals surface area contributed by atoms with Crippen LogP contribution in [0, 0.1) is 22.7 Å². The summed E-state index contributed by atoms with van der Waals surface area (Å²) in [5.41, 5.74) is 7.81. The Labute approximate surface area is 123 Å². The maximum atomic E-state index is 8.86. The van der Waals surface area contributed by atoms with Gasteiger partial charge in [0.05, 0.1) is 23.7 Å². The van der Waals surface area contributed by atoms with Gasteiger partial charge in [-0.3, -0.25) is 4.98 Å². The zero-order valence-corrected chi connectivity index (χ0v) is 11.4. The molecule has 2 aromatic heterocycles. The highest BCUT2D eigenvalue weighted by molar-refractivity contribution is 5.64. The lowest BCUT2D eigenvalue weighted by molar-refractivity contribution is 0.781. The number of hydrogen-bond acceptors (Lipinski definition) is 6. The van der Waals surface area contributed by atoms with Gasteiger partial charge in [-0.15, -0.1) is 0 Å². The lowest BCUT2D eigenvalue weighted by Crippen LogP contribution is -2.25. The summed E-state index contributed by atoms with van der Waals surface area (Å²) in [4.78, 5) is 10.2. The van der Waals surface area contributed by atoms with E-state index in [0.717, 1.165) is 5.56 Å². The molecule has 0 aromatic carbocycles. The van der Waals surface area contributed by atoms with E-state index >= 15 is 0 Å². The molecule has 0 aliphatic carbocycles. The molecule has 0 aliphatic rings. The van der Waals surface area contributed by atoms with E-state index in [-0.39, 0.29) is 0 Å². The second kappa shape index (κ2) is 6.88. The predicted molar refractivity (Wildman–Crippen MR) is 78.9 cm³/mol. The highest BCUT2D eigenvalue weighted by Crippen LogP contribution is 2.23. The number of nitriles is 2. The van der Waals surface area contributed by atoms with Gasteiger partial charge >= 0.3 is 0 Å². The van der Waals surface area contributed by atoms with Crippen molar-refractivity contribution in [2.75, 3.05) is 17.2 Å². The molecule has 2 aromatic rings. The van der Waals surface area contributed by atoms with Crippen molar-refractivity contribution in [2.24, 2.45) is 0 Å². The molecule has 6 nitrogen and oxygen atoms in total. The molecule has 2 N–H and O–H groups in total. The third-order valence-electron chi connectivity index (χ3n) is 2.91. The van der Waals surface area contributed by atoms with Crippen molar-refractivity contribution in [1.29, 1.82) is 10.5 Å². The molecule has 2 rings (SSSR count). The maximum absolute atomic E-state index is 8.86. The third kappa shape index (κ3) is 3.68. The average molecular weight is 278 g/mol. The molecular formula is C15H14N6. The number of hydrogen-bond donors (Lipinski definition) is 1. The summed E-state index contributed by atoms with van der Waals surface area (Å²) >= 11 is 0. The Morgan fingerprint density at radius 1 is 1.29 bits per heavy atom. The van der Waals surface area contributed by atoms with Crippen molar-refractivity contribution in [2.45, 2.75) is 13.0 Å². The van der Waals surface area contributed by atoms with Crippen molar-refractivity contribution in [3.8, 4) is 12.1 Å². The van der Waals surface area contributed by atoms with Gasteiger partial charge in [0.15, 0.2) is 5.82 Å². The molecule has 0 aliphatic heterocycles. The van der Waals surface area contributed by atoms with Crippen LogP contribution in [-0.4, -0.2) is 16.5 Å². The molecule has 0 spiro atoms. The van der Waals surface area contributed by atoms with Gasteiger partial charge in [-0.2, -0.15) is 10.5 Å². The fourth-order valence-electron chi connectivity index (χ4n) is 1.96. The smallest absolute Gasteiger partial charge is 0.152 e. The largest absolute Gasteiger partial charge is 0.396 e. The number of nitrogens with two attached hydrogens (primary N) is 1. The predicted octanol–water partition coefficient (Wildman–Crippen LogP) is 1.85. The lowest BCUT2D eigenvalue weighted by atomic mass is 10.2. The van der Waals surface area contributed by atoms with Gasteiger partial charge in [0, 0.05) is 31.7 Å². The topological polar surface area (TPSA) is 103 Å². The number of rotatable bonds is 5. The number of nitrogen functional groups attached to an aromatic ring is 1. The number of nitrogens with zero attached hydrogens (tertiary/aromatic N) is 5. The summed E-state index contributed by atoms with van der Waals surface area (Å²) < 4.78 is 0. The second-order valence-electron chi connectivity index (χ2n) is 4.44. The molecule has 21 heavy (non-hydrogen) atoms. The van der Waals surface area contributed by atoms with Crippen LogP contribution in [0.1, 0.15) is 17.5 Å². The molecule has 2 heterocycles. The molecule has 0 bridgehead atoms. The van der Waals surface area contributed by atoms with Crippen LogP contribution >= 0.6 is 0 Å². The Bertz CT molecular complexity index is 684. The molecule has 104 valence electrons. The van der Waals surface area contributed by atoms with Crippen molar-refractivity contribution in [1.82, 2.24) is 9.97 Å². The monoisotopic (exact) mass is 278 g/mol. The van der Waals surface area contributed by atoms with Crippen LogP contribution in [0.5, 0.6) is 0 Å². The molecule has 0 saturated carbocycles. The quantitative estimate of drug-likeness (QED) is 0.895. The number of pyridine rings is 2. The van der Waals surface area contributed by atoms with Crippen LogP contribution in [-0.2, 0) is 6.54 Å². The Hall–Kier alpha value is -3.12. The average Bonchev–Trinajstić information content (AvgIpc) is 2.52. The SMILES string of the molecule is N#CCCN(Cc1cccnc1)c1ncc(C#N)cc1N. The standard InChI is InChI=1S/C15H14N6/c16-4-2-6-21(11-12-3-1-5-19-9-12)15-14(18)7-13(8-17)10-20-15/h1,3,5,7,9-10H,2,6,11,18H2. The summed E-state index contributed by atoms with van der Waals surface area (Å²) in [5, 5.41) is 17.7. The van der Waals surface area contributed by atoms with Crippen LogP contribution in [0.15, 0.2) is 36.8 Å². The van der Waals surface area contributed by atoms with Crippen LogP contribution < -0.4 is 10.6 Å². The Kier molecular flexibility index (Phi) is 4.68. The van der Waals surface area contributed by atoms with Crippen molar-refractivity contribution >= 4 is 11.5 Å². The van der Waals surface area contributed by atoms with Gasteiger partial charge < -0.3 is 10.6 Å². The summed E-state index contributed by atoms with van der Waals surface area (Å²) in [7, 11) is 0. The lowest BCUT2D eigenvalue weighted by Gasteiger charge is -2.24. The fraction of sp³-hybridized carbons (Fsp3) is 0.200. The molecule has 0 saturated heterocycles. The van der Waals surface area contributed by atoms with Gasteiger partial charge in [-0.25, -0.2) is 4.98 Å². The van der Waals surface area contributed by atoms with Gasteiger partial charge in [-0.1, -0.05) is 6.07 Å². The third-order valence-corrected chi connectivity index (χ3v) is 2.91. The van der Waals surface area contributed by atoms with E-state index in [0.29, 0.717) is 36.6 Å². The van der Waals surface area contributed by atoms with Crippen LogP contribution in [0.3, 0.4) is 0 Å². The zero-order valence-electron chi connectivity index (χ0n) is 11.4. The van der Waals surface area contributed by atoms with Gasteiger partial charge in [-0.05, 0) is 17.7 Å². The van der Waals surface area contributed by atoms with Gasteiger partial charge in [0.25, 0.3) is 0 Å². The Balaban J connectivity index is 2.28. The van der Waals surface area contributed by atoms with E-state index in [1.807, 2.05) is 23.1 Å². The maximum Gasteiger partial charge on any atom is 0.152 e. The minimum atomic E-state index is 0.362. The highest BCUT2D eigenvalue weighted by Gasteiger charge is 2.12. The van der Waals surface area contributed by atoms with E-state index in [1.165, 1.54) is 6.20 Å². The Morgan fingerprint density at radius 3 is 2.76 bits per heavy atom. The van der Waals surface area contributed by atoms with E-state index in [4.69, 9.17) is 16.3 Å². The molecule has 0 unspecified atom stereocenters. The first-order chi connectivity index (χ1) is 10.2. The molecule has 0 amide bonds. The van der Waals surface area contributed by atoms with Gasteiger partial charge in [0.2, 0.25) is 0 Å². The summed E-state index contributed by atoms with van der Waals surface area (Å²) in [5.74, 6) is 0.577. The molecule has 6 heteroatoms. The summed E-state index contributed by atoms with van der Waals surface area (Å²) in [6.07, 6.45) is 5.31. The summed E-state index contributed by atoms with van der Waals surface area (Å²) in [6.45, 7) is 1.06. The zero-order chi connectivity index (χ0) is 15.1. The number of aromatic nitrogens is 2. The molecule has 0 atom stereocenters. The van der Waals surface area contributed by atoms with Crippen LogP contribution in [0.25, 0.3) is 0 Å². The fourth-order valence-corrected chi connectivity index (χ4v) is 1.96. The first-order valence-electron chi connectivity index (χ1n) is 6.41.